The van der Waals surface area contributed by atoms with Gasteiger partial charge in [0.1, 0.15) is 5.82 Å². The topological polar surface area (TPSA) is 104 Å². The number of hydrogen-bond acceptors (Lipinski definition) is 5. The van der Waals surface area contributed by atoms with Crippen LogP contribution in [0.15, 0.2) is 96.4 Å². The minimum Gasteiger partial charge on any atom is -0.322 e. The van der Waals surface area contributed by atoms with E-state index in [1.807, 2.05) is 24.3 Å². The summed E-state index contributed by atoms with van der Waals surface area (Å²) >= 11 is 6.07. The van der Waals surface area contributed by atoms with Crippen molar-refractivity contribution in [2.75, 3.05) is 16.8 Å². The summed E-state index contributed by atoms with van der Waals surface area (Å²) in [5, 5.41) is 7.45. The summed E-state index contributed by atoms with van der Waals surface area (Å²) in [6.07, 6.45) is 7.16. The molecule has 222 valence electrons. The molecule has 0 radical (unpaired) electrons. The highest BCUT2D eigenvalue weighted by Gasteiger charge is 2.43. The number of amides is 3. The minimum absolute atomic E-state index is 0.0217. The lowest BCUT2D eigenvalue weighted by molar-refractivity contribution is 0.0952. The molecule has 1 aliphatic heterocycles. The van der Waals surface area contributed by atoms with Gasteiger partial charge in [-0.1, -0.05) is 29.8 Å². The average Bonchev–Trinajstić information content (AvgIpc) is 3.35. The van der Waals surface area contributed by atoms with Crippen molar-refractivity contribution in [3.63, 3.8) is 0 Å². The summed E-state index contributed by atoms with van der Waals surface area (Å²) in [5.74, 6) is -1.59. The van der Waals surface area contributed by atoms with Gasteiger partial charge in [0.05, 0.1) is 16.1 Å². The predicted octanol–water partition coefficient (Wildman–Crippen LogP) is 6.68. The van der Waals surface area contributed by atoms with Crippen LogP contribution in [0.1, 0.15) is 62.3 Å². The fraction of sp³-hybridized carbons (Fsp3) is 0.206. The number of nitrogens with one attached hydrogen (secondary N) is 2. The SMILES string of the molecule is O=C(N/N=C1\CCCC12CCN(C(=O)c1ccc(NC(=O)c3cc(F)ccc3Cl)cc1)c1ccccc1C2)c1cccnc1. The van der Waals surface area contributed by atoms with Crippen LogP contribution in [0.5, 0.6) is 0 Å². The fourth-order valence-electron chi connectivity index (χ4n) is 6.07. The van der Waals surface area contributed by atoms with E-state index < -0.39 is 11.7 Å². The summed E-state index contributed by atoms with van der Waals surface area (Å²) in [4.78, 5) is 45.0. The molecule has 3 aromatic carbocycles. The number of aromatic nitrogens is 1. The molecular formula is C34H29ClFN5O3. The number of pyridine rings is 1. The molecule has 2 N–H and O–H groups in total. The number of para-hydroxylation sites is 1. The number of anilines is 2. The number of carbonyl (C=O) groups excluding carboxylic acids is 3. The first-order valence-corrected chi connectivity index (χ1v) is 14.7. The zero-order chi connectivity index (χ0) is 30.7. The molecule has 1 saturated carbocycles. The lowest BCUT2D eigenvalue weighted by Crippen LogP contribution is -2.35. The normalized spacial score (nSPS) is 18.5. The number of hydrogen-bond donors (Lipinski definition) is 2. The molecule has 44 heavy (non-hydrogen) atoms. The monoisotopic (exact) mass is 609 g/mol. The highest BCUT2D eigenvalue weighted by molar-refractivity contribution is 6.34. The fourth-order valence-corrected chi connectivity index (χ4v) is 6.28. The molecule has 2 aliphatic rings. The Hall–Kier alpha value is -4.89. The molecule has 3 amide bonds. The van der Waals surface area contributed by atoms with Gasteiger partial charge in [-0.05, 0) is 98.3 Å². The second kappa shape index (κ2) is 12.4. The zero-order valence-electron chi connectivity index (χ0n) is 23.7. The van der Waals surface area contributed by atoms with E-state index in [1.165, 1.54) is 18.3 Å². The molecule has 1 unspecified atom stereocenters. The second-order valence-corrected chi connectivity index (χ2v) is 11.5. The number of halogens is 2. The zero-order valence-corrected chi connectivity index (χ0v) is 24.5. The number of benzene rings is 3. The summed E-state index contributed by atoms with van der Waals surface area (Å²) in [6.45, 7) is 0.474. The van der Waals surface area contributed by atoms with Gasteiger partial charge in [0, 0.05) is 47.0 Å². The Bertz CT molecular complexity index is 1760. The summed E-state index contributed by atoms with van der Waals surface area (Å²) in [7, 11) is 0. The van der Waals surface area contributed by atoms with Crippen LogP contribution in [0.3, 0.4) is 0 Å². The third-order valence-electron chi connectivity index (χ3n) is 8.33. The van der Waals surface area contributed by atoms with Crippen molar-refractivity contribution in [1.82, 2.24) is 10.4 Å². The molecule has 1 aromatic heterocycles. The van der Waals surface area contributed by atoms with E-state index >= 15 is 0 Å². The lowest BCUT2D eigenvalue weighted by Gasteiger charge is -2.29. The van der Waals surface area contributed by atoms with Gasteiger partial charge in [-0.2, -0.15) is 5.10 Å². The molecular weight excluding hydrogens is 581 g/mol. The number of fused-ring (bicyclic) bond motifs is 1. The van der Waals surface area contributed by atoms with E-state index in [4.69, 9.17) is 11.6 Å². The Morgan fingerprint density at radius 2 is 1.75 bits per heavy atom. The van der Waals surface area contributed by atoms with Crippen LogP contribution >= 0.6 is 11.6 Å². The number of rotatable bonds is 5. The maximum atomic E-state index is 13.9. The lowest BCUT2D eigenvalue weighted by atomic mass is 9.76. The van der Waals surface area contributed by atoms with Gasteiger partial charge in [-0.3, -0.25) is 19.4 Å². The summed E-state index contributed by atoms with van der Waals surface area (Å²) in [5.41, 5.74) is 6.65. The Balaban J connectivity index is 1.20. The molecule has 10 heteroatoms. The number of hydrazone groups is 1. The first kappa shape index (κ1) is 29.2. The molecule has 1 atom stereocenters. The summed E-state index contributed by atoms with van der Waals surface area (Å²) in [6, 6.07) is 21.5. The van der Waals surface area contributed by atoms with Gasteiger partial charge in [0.25, 0.3) is 17.7 Å². The van der Waals surface area contributed by atoms with Gasteiger partial charge < -0.3 is 10.2 Å². The van der Waals surface area contributed by atoms with Crippen molar-refractivity contribution in [2.45, 2.75) is 32.1 Å². The minimum atomic E-state index is -0.564. The largest absolute Gasteiger partial charge is 0.322 e. The van der Waals surface area contributed by atoms with Gasteiger partial charge in [0.2, 0.25) is 0 Å². The molecule has 1 spiro atoms. The van der Waals surface area contributed by atoms with Gasteiger partial charge in [-0.25, -0.2) is 9.82 Å². The Kier molecular flexibility index (Phi) is 8.21. The van der Waals surface area contributed by atoms with Crippen LogP contribution in [-0.4, -0.2) is 35.0 Å². The van der Waals surface area contributed by atoms with Crippen molar-refractivity contribution in [3.05, 3.63) is 124 Å². The molecule has 6 rings (SSSR count). The first-order chi connectivity index (χ1) is 21.3. The van der Waals surface area contributed by atoms with E-state index in [0.717, 1.165) is 42.3 Å². The van der Waals surface area contributed by atoms with Crippen LogP contribution in [0.25, 0.3) is 0 Å². The van der Waals surface area contributed by atoms with E-state index in [0.29, 0.717) is 36.2 Å². The van der Waals surface area contributed by atoms with Crippen molar-refractivity contribution >= 4 is 46.4 Å². The number of carbonyl (C=O) groups is 3. The van der Waals surface area contributed by atoms with E-state index in [9.17, 15) is 18.8 Å². The van der Waals surface area contributed by atoms with Gasteiger partial charge in [-0.15, -0.1) is 0 Å². The van der Waals surface area contributed by atoms with Gasteiger partial charge in [0.15, 0.2) is 0 Å². The van der Waals surface area contributed by atoms with E-state index in [2.05, 4.69) is 20.8 Å². The van der Waals surface area contributed by atoms with E-state index in [-0.39, 0.29) is 27.8 Å². The Morgan fingerprint density at radius 1 is 0.932 bits per heavy atom. The quantitative estimate of drug-likeness (QED) is 0.246. The highest BCUT2D eigenvalue weighted by Crippen LogP contribution is 2.46. The van der Waals surface area contributed by atoms with Crippen LogP contribution in [0, 0.1) is 11.2 Å². The van der Waals surface area contributed by atoms with E-state index in [1.54, 1.807) is 47.5 Å². The van der Waals surface area contributed by atoms with Crippen molar-refractivity contribution in [1.29, 1.82) is 0 Å². The number of nitrogens with zero attached hydrogens (tertiary/aromatic N) is 3. The van der Waals surface area contributed by atoms with Crippen molar-refractivity contribution < 1.29 is 18.8 Å². The smallest absolute Gasteiger partial charge is 0.272 e. The molecule has 1 fully saturated rings. The average molecular weight is 610 g/mol. The third-order valence-corrected chi connectivity index (χ3v) is 8.66. The first-order valence-electron chi connectivity index (χ1n) is 14.4. The highest BCUT2D eigenvalue weighted by atomic mass is 35.5. The van der Waals surface area contributed by atoms with Crippen LogP contribution in [0.4, 0.5) is 15.8 Å². The molecule has 1 aliphatic carbocycles. The Morgan fingerprint density at radius 3 is 2.55 bits per heavy atom. The second-order valence-electron chi connectivity index (χ2n) is 11.0. The predicted molar refractivity (Wildman–Crippen MR) is 168 cm³/mol. The molecule has 4 aromatic rings. The molecule has 0 saturated heterocycles. The standard InChI is InChI=1S/C34H29ClFN5O3/c35-28-14-11-25(36)19-27(28)32(43)38-26-12-9-22(10-13-26)33(44)41-18-16-34(20-23-5-1-2-7-29(23)41)15-3-8-30(34)39-40-31(42)24-6-4-17-37-21-24/h1-2,4-7,9-14,17,19,21H,3,8,15-16,18,20H2,(H,38,43)(H,40,42)/b39-30+. The van der Waals surface area contributed by atoms with Crippen molar-refractivity contribution in [2.24, 2.45) is 10.5 Å². The van der Waals surface area contributed by atoms with Crippen molar-refractivity contribution in [3.8, 4) is 0 Å². The van der Waals surface area contributed by atoms with Crippen LogP contribution < -0.4 is 15.6 Å². The molecule has 0 bridgehead atoms. The van der Waals surface area contributed by atoms with Crippen LogP contribution in [-0.2, 0) is 6.42 Å². The Labute approximate surface area is 259 Å². The van der Waals surface area contributed by atoms with Gasteiger partial charge >= 0.3 is 0 Å². The third kappa shape index (κ3) is 5.96. The maximum Gasteiger partial charge on any atom is 0.272 e. The maximum absolute atomic E-state index is 13.9. The summed E-state index contributed by atoms with van der Waals surface area (Å²) < 4.78 is 13.6. The molecule has 2 heterocycles. The van der Waals surface area contributed by atoms with Crippen LogP contribution in [0.2, 0.25) is 5.02 Å². The molecule has 8 nitrogen and oxygen atoms in total.